The van der Waals surface area contributed by atoms with Gasteiger partial charge in [-0.15, -0.1) is 0 Å². The summed E-state index contributed by atoms with van der Waals surface area (Å²) in [6.07, 6.45) is 0.246. The van der Waals surface area contributed by atoms with E-state index in [4.69, 9.17) is 0 Å². The van der Waals surface area contributed by atoms with E-state index in [0.29, 0.717) is 12.6 Å². The first-order chi connectivity index (χ1) is 10.9. The van der Waals surface area contributed by atoms with Crippen LogP contribution in [0.15, 0.2) is 24.3 Å². The maximum absolute atomic E-state index is 12.9. The number of piperidine rings is 1. The van der Waals surface area contributed by atoms with Crippen LogP contribution in [-0.2, 0) is 11.0 Å². The number of nitrogens with one attached hydrogen (secondary N) is 1. The van der Waals surface area contributed by atoms with Crippen molar-refractivity contribution >= 4 is 11.6 Å². The van der Waals surface area contributed by atoms with Crippen molar-refractivity contribution in [1.29, 1.82) is 0 Å². The Morgan fingerprint density at radius 1 is 1.30 bits per heavy atom. The summed E-state index contributed by atoms with van der Waals surface area (Å²) in [7, 11) is 0. The third-order valence-corrected chi connectivity index (χ3v) is 4.35. The Kier molecular flexibility index (Phi) is 6.04. The van der Waals surface area contributed by atoms with Gasteiger partial charge < -0.3 is 5.32 Å². The summed E-state index contributed by atoms with van der Waals surface area (Å²) in [5.41, 5.74) is -0.978. The number of carbonyl (C=O) groups is 1. The number of likely N-dealkylation sites (tertiary alicyclic amines) is 1. The van der Waals surface area contributed by atoms with Gasteiger partial charge in [0.25, 0.3) is 0 Å². The summed E-state index contributed by atoms with van der Waals surface area (Å²) >= 11 is 0. The lowest BCUT2D eigenvalue weighted by Crippen LogP contribution is -2.40. The minimum atomic E-state index is -4.47. The molecule has 1 aliphatic heterocycles. The second-order valence-electron chi connectivity index (χ2n) is 5.94. The molecule has 0 spiro atoms. The summed E-state index contributed by atoms with van der Waals surface area (Å²) in [6.45, 7) is 3.69. The Balaban J connectivity index is 1.93. The zero-order chi connectivity index (χ0) is 16.9. The fourth-order valence-corrected chi connectivity index (χ4v) is 3.11. The fraction of sp³-hybridized carbons (Fsp3) is 0.588. The van der Waals surface area contributed by atoms with Crippen molar-refractivity contribution in [1.82, 2.24) is 4.90 Å². The second kappa shape index (κ2) is 7.81. The number of halogens is 3. The molecule has 1 aromatic rings. The molecular weight excluding hydrogens is 305 g/mol. The standard InChI is InChI=1S/C17H23F3N2O/c1-2-13-7-5-6-11-22(13)12-10-16(23)21-15-9-4-3-8-14(15)17(18,19)20/h3-4,8-9,13H,2,5-7,10-12H2,1H3,(H,21,23). The van der Waals surface area contributed by atoms with Gasteiger partial charge in [-0.1, -0.05) is 25.5 Å². The SMILES string of the molecule is CCC1CCCCN1CCC(=O)Nc1ccccc1C(F)(F)F. The molecule has 0 saturated carbocycles. The van der Waals surface area contributed by atoms with Gasteiger partial charge in [-0.25, -0.2) is 0 Å². The first-order valence-corrected chi connectivity index (χ1v) is 8.12. The summed E-state index contributed by atoms with van der Waals surface area (Å²) in [5, 5.41) is 2.40. The molecule has 1 heterocycles. The van der Waals surface area contributed by atoms with Gasteiger partial charge in [-0.05, 0) is 37.9 Å². The summed E-state index contributed by atoms with van der Waals surface area (Å²) < 4.78 is 38.7. The molecule has 3 nitrogen and oxygen atoms in total. The van der Waals surface area contributed by atoms with E-state index in [1.165, 1.54) is 24.6 Å². The number of rotatable bonds is 5. The molecule has 1 atom stereocenters. The largest absolute Gasteiger partial charge is 0.418 e. The molecule has 2 rings (SSSR count). The number of carbonyl (C=O) groups excluding carboxylic acids is 1. The third-order valence-electron chi connectivity index (χ3n) is 4.35. The number of alkyl halides is 3. The first-order valence-electron chi connectivity index (χ1n) is 8.12. The van der Waals surface area contributed by atoms with Gasteiger partial charge in [0.05, 0.1) is 11.3 Å². The third kappa shape index (κ3) is 4.96. The minimum Gasteiger partial charge on any atom is -0.325 e. The summed E-state index contributed by atoms with van der Waals surface area (Å²) in [4.78, 5) is 14.3. The fourth-order valence-electron chi connectivity index (χ4n) is 3.11. The molecule has 6 heteroatoms. The molecule has 128 valence electrons. The molecule has 1 aromatic carbocycles. The topological polar surface area (TPSA) is 32.3 Å². The van der Waals surface area contributed by atoms with E-state index in [9.17, 15) is 18.0 Å². The quantitative estimate of drug-likeness (QED) is 0.874. The van der Waals surface area contributed by atoms with E-state index in [0.717, 1.165) is 31.9 Å². The van der Waals surface area contributed by atoms with Crippen molar-refractivity contribution in [2.45, 2.75) is 51.2 Å². The van der Waals surface area contributed by atoms with Crippen molar-refractivity contribution < 1.29 is 18.0 Å². The Morgan fingerprint density at radius 3 is 2.74 bits per heavy atom. The summed E-state index contributed by atoms with van der Waals surface area (Å²) in [6, 6.07) is 5.56. The number of hydrogen-bond donors (Lipinski definition) is 1. The lowest BCUT2D eigenvalue weighted by molar-refractivity contribution is -0.137. The highest BCUT2D eigenvalue weighted by molar-refractivity contribution is 5.91. The number of nitrogens with zero attached hydrogens (tertiary/aromatic N) is 1. The highest BCUT2D eigenvalue weighted by Gasteiger charge is 2.33. The molecule has 1 unspecified atom stereocenters. The van der Waals surface area contributed by atoms with Crippen LogP contribution in [0.4, 0.5) is 18.9 Å². The van der Waals surface area contributed by atoms with Gasteiger partial charge in [0.1, 0.15) is 0 Å². The van der Waals surface area contributed by atoms with Crippen LogP contribution in [0, 0.1) is 0 Å². The normalized spacial score (nSPS) is 19.6. The minimum absolute atomic E-state index is 0.171. The number of benzene rings is 1. The van der Waals surface area contributed by atoms with Crippen LogP contribution in [0.2, 0.25) is 0 Å². The van der Waals surface area contributed by atoms with E-state index in [2.05, 4.69) is 17.1 Å². The first kappa shape index (κ1) is 17.8. The molecule has 0 radical (unpaired) electrons. The average Bonchev–Trinajstić information content (AvgIpc) is 2.52. The Hall–Kier alpha value is -1.56. The molecule has 1 amide bonds. The van der Waals surface area contributed by atoms with Crippen LogP contribution in [0.3, 0.4) is 0 Å². The van der Waals surface area contributed by atoms with Gasteiger partial charge in [-0.3, -0.25) is 9.69 Å². The van der Waals surface area contributed by atoms with E-state index in [1.807, 2.05) is 0 Å². The highest BCUT2D eigenvalue weighted by atomic mass is 19.4. The Morgan fingerprint density at radius 2 is 2.04 bits per heavy atom. The van der Waals surface area contributed by atoms with Crippen LogP contribution in [0.25, 0.3) is 0 Å². The predicted octanol–water partition coefficient (Wildman–Crippen LogP) is 4.30. The Bertz CT molecular complexity index is 531. The maximum atomic E-state index is 12.9. The second-order valence-corrected chi connectivity index (χ2v) is 5.94. The van der Waals surface area contributed by atoms with Crippen LogP contribution in [0.5, 0.6) is 0 Å². The van der Waals surface area contributed by atoms with Crippen LogP contribution >= 0.6 is 0 Å². The zero-order valence-corrected chi connectivity index (χ0v) is 13.3. The van der Waals surface area contributed by atoms with Gasteiger partial charge >= 0.3 is 6.18 Å². The average molecular weight is 328 g/mol. The Labute approximate surface area is 134 Å². The molecule has 1 fully saturated rings. The van der Waals surface area contributed by atoms with Crippen molar-refractivity contribution in [3.05, 3.63) is 29.8 Å². The highest BCUT2D eigenvalue weighted by Crippen LogP contribution is 2.34. The van der Waals surface area contributed by atoms with Gasteiger partial charge in [-0.2, -0.15) is 13.2 Å². The van der Waals surface area contributed by atoms with E-state index < -0.39 is 11.7 Å². The van der Waals surface area contributed by atoms with Crippen molar-refractivity contribution in [3.8, 4) is 0 Å². The maximum Gasteiger partial charge on any atom is 0.418 e. The lowest BCUT2D eigenvalue weighted by Gasteiger charge is -2.35. The van der Waals surface area contributed by atoms with Gasteiger partial charge in [0.15, 0.2) is 0 Å². The number of anilines is 1. The van der Waals surface area contributed by atoms with Gasteiger partial charge in [0.2, 0.25) is 5.91 Å². The number of para-hydroxylation sites is 1. The van der Waals surface area contributed by atoms with Crippen LogP contribution < -0.4 is 5.32 Å². The van der Waals surface area contributed by atoms with Crippen LogP contribution in [0.1, 0.15) is 44.6 Å². The van der Waals surface area contributed by atoms with E-state index in [1.54, 1.807) is 0 Å². The van der Waals surface area contributed by atoms with E-state index >= 15 is 0 Å². The summed E-state index contributed by atoms with van der Waals surface area (Å²) in [5.74, 6) is -0.373. The lowest BCUT2D eigenvalue weighted by atomic mass is 10.00. The van der Waals surface area contributed by atoms with E-state index in [-0.39, 0.29) is 18.0 Å². The van der Waals surface area contributed by atoms with Crippen LogP contribution in [-0.4, -0.2) is 29.9 Å². The monoisotopic (exact) mass is 328 g/mol. The number of hydrogen-bond acceptors (Lipinski definition) is 2. The van der Waals surface area contributed by atoms with Gasteiger partial charge in [0, 0.05) is 19.0 Å². The molecule has 1 saturated heterocycles. The molecular formula is C17H23F3N2O. The molecule has 0 aromatic heterocycles. The molecule has 0 bridgehead atoms. The van der Waals surface area contributed by atoms with Crippen molar-refractivity contribution in [2.24, 2.45) is 0 Å². The predicted molar refractivity (Wildman–Crippen MR) is 84.2 cm³/mol. The van der Waals surface area contributed by atoms with Crippen molar-refractivity contribution in [2.75, 3.05) is 18.4 Å². The molecule has 1 aliphatic rings. The molecule has 0 aliphatic carbocycles. The smallest absolute Gasteiger partial charge is 0.325 e. The number of amides is 1. The van der Waals surface area contributed by atoms with Crippen molar-refractivity contribution in [3.63, 3.8) is 0 Å². The zero-order valence-electron chi connectivity index (χ0n) is 13.3. The molecule has 1 N–H and O–H groups in total. The molecule has 23 heavy (non-hydrogen) atoms.